The minimum atomic E-state index is -0.332. The molecular formula is C17H29ClN4O2. The van der Waals surface area contributed by atoms with Gasteiger partial charge < -0.3 is 21.7 Å². The minimum absolute atomic E-state index is 0. The summed E-state index contributed by atoms with van der Waals surface area (Å²) in [5.74, 6) is -0.225. The van der Waals surface area contributed by atoms with Crippen LogP contribution in [0.3, 0.4) is 0 Å². The Bertz CT molecular complexity index is 523. The summed E-state index contributed by atoms with van der Waals surface area (Å²) in [6, 6.07) is 6.57. The summed E-state index contributed by atoms with van der Waals surface area (Å²) in [4.78, 5) is 24.3. The molecule has 5 N–H and O–H groups in total. The summed E-state index contributed by atoms with van der Waals surface area (Å²) in [6.07, 6.45) is 2.92. The number of hydrogen-bond acceptors (Lipinski definition) is 3. The van der Waals surface area contributed by atoms with E-state index in [0.717, 1.165) is 19.3 Å². The van der Waals surface area contributed by atoms with Gasteiger partial charge in [-0.25, -0.2) is 4.79 Å². The van der Waals surface area contributed by atoms with E-state index in [1.807, 2.05) is 13.8 Å². The molecular weight excluding hydrogens is 328 g/mol. The molecule has 1 atom stereocenters. The molecule has 7 heteroatoms. The first-order chi connectivity index (χ1) is 11.0. The van der Waals surface area contributed by atoms with Gasteiger partial charge in [-0.1, -0.05) is 31.9 Å². The third-order valence-electron chi connectivity index (χ3n) is 3.37. The number of hydrogen-bond donors (Lipinski definition) is 4. The van der Waals surface area contributed by atoms with Gasteiger partial charge in [-0.05, 0) is 32.4 Å². The molecule has 0 aliphatic rings. The molecule has 0 aliphatic heterocycles. The fraction of sp³-hybridized carbons (Fsp3) is 0.529. The molecule has 0 aromatic heterocycles. The molecule has 24 heavy (non-hydrogen) atoms. The lowest BCUT2D eigenvalue weighted by Crippen LogP contribution is -2.40. The number of nitrogens with one attached hydrogen (secondary N) is 3. The molecule has 1 rings (SSSR count). The Morgan fingerprint density at radius 1 is 1.17 bits per heavy atom. The maximum Gasteiger partial charge on any atom is 0.319 e. The maximum absolute atomic E-state index is 12.5. The highest BCUT2D eigenvalue weighted by Gasteiger charge is 2.16. The average Bonchev–Trinajstić information content (AvgIpc) is 2.50. The Morgan fingerprint density at radius 2 is 1.83 bits per heavy atom. The average molecular weight is 357 g/mol. The predicted molar refractivity (Wildman–Crippen MR) is 101 cm³/mol. The second-order valence-electron chi connectivity index (χ2n) is 5.85. The molecule has 0 fully saturated rings. The Morgan fingerprint density at radius 3 is 2.42 bits per heavy atom. The van der Waals surface area contributed by atoms with Crippen LogP contribution in [0.15, 0.2) is 24.3 Å². The van der Waals surface area contributed by atoms with Gasteiger partial charge in [0.05, 0.1) is 11.3 Å². The van der Waals surface area contributed by atoms with Crippen LogP contribution in [0.25, 0.3) is 0 Å². The first kappa shape index (κ1) is 22.2. The van der Waals surface area contributed by atoms with Gasteiger partial charge in [0.25, 0.3) is 5.91 Å². The van der Waals surface area contributed by atoms with E-state index in [0.29, 0.717) is 17.8 Å². The number of amides is 3. The molecule has 1 aromatic carbocycles. The summed E-state index contributed by atoms with van der Waals surface area (Å²) in [7, 11) is 0. The minimum Gasteiger partial charge on any atom is -0.348 e. The van der Waals surface area contributed by atoms with Crippen LogP contribution in [-0.4, -0.2) is 30.6 Å². The van der Waals surface area contributed by atoms with Crippen molar-refractivity contribution in [1.29, 1.82) is 0 Å². The van der Waals surface area contributed by atoms with Crippen molar-refractivity contribution in [3.05, 3.63) is 29.8 Å². The maximum atomic E-state index is 12.5. The fourth-order valence-corrected chi connectivity index (χ4v) is 2.17. The van der Waals surface area contributed by atoms with Crippen molar-refractivity contribution in [1.82, 2.24) is 10.6 Å². The van der Waals surface area contributed by atoms with Crippen molar-refractivity contribution in [2.75, 3.05) is 11.9 Å². The predicted octanol–water partition coefficient (Wildman–Crippen LogP) is 2.89. The molecule has 0 saturated carbocycles. The van der Waals surface area contributed by atoms with Crippen molar-refractivity contribution < 1.29 is 9.59 Å². The van der Waals surface area contributed by atoms with Crippen LogP contribution in [0, 0.1) is 0 Å². The molecule has 1 unspecified atom stereocenters. The van der Waals surface area contributed by atoms with E-state index >= 15 is 0 Å². The summed E-state index contributed by atoms with van der Waals surface area (Å²) < 4.78 is 0. The Labute approximate surface area is 150 Å². The zero-order valence-electron chi connectivity index (χ0n) is 14.6. The summed E-state index contributed by atoms with van der Waals surface area (Å²) in [6.45, 7) is 6.24. The quantitative estimate of drug-likeness (QED) is 0.576. The first-order valence-electron chi connectivity index (χ1n) is 8.15. The second-order valence-corrected chi connectivity index (χ2v) is 5.85. The van der Waals surface area contributed by atoms with Crippen molar-refractivity contribution in [3.63, 3.8) is 0 Å². The highest BCUT2D eigenvalue weighted by atomic mass is 35.5. The van der Waals surface area contributed by atoms with Gasteiger partial charge in [0, 0.05) is 18.6 Å². The Kier molecular flexibility index (Phi) is 10.8. The lowest BCUT2D eigenvalue weighted by Gasteiger charge is -2.18. The van der Waals surface area contributed by atoms with Crippen molar-refractivity contribution in [2.45, 2.75) is 52.1 Å². The molecule has 0 saturated heterocycles. The number of urea groups is 1. The number of nitrogens with two attached hydrogens (primary N) is 1. The van der Waals surface area contributed by atoms with Crippen LogP contribution < -0.4 is 21.7 Å². The lowest BCUT2D eigenvalue weighted by molar-refractivity contribution is 0.0936. The number of carbonyl (C=O) groups excluding carboxylic acids is 2. The van der Waals surface area contributed by atoms with Gasteiger partial charge in [-0.2, -0.15) is 0 Å². The van der Waals surface area contributed by atoms with Crippen LogP contribution in [0.1, 0.15) is 50.4 Å². The smallest absolute Gasteiger partial charge is 0.319 e. The zero-order valence-corrected chi connectivity index (χ0v) is 15.4. The van der Waals surface area contributed by atoms with Crippen molar-refractivity contribution in [2.24, 2.45) is 5.73 Å². The number of benzene rings is 1. The Hall–Kier alpha value is -1.79. The molecule has 0 bridgehead atoms. The molecule has 1 aromatic rings. The summed E-state index contributed by atoms with van der Waals surface area (Å²) in [5, 5.41) is 8.39. The highest BCUT2D eigenvalue weighted by molar-refractivity contribution is 6.03. The number of halogens is 1. The van der Waals surface area contributed by atoms with Gasteiger partial charge in [0.1, 0.15) is 0 Å². The molecule has 0 radical (unpaired) electrons. The van der Waals surface area contributed by atoms with E-state index < -0.39 is 0 Å². The molecule has 0 heterocycles. The number of anilines is 1. The molecule has 0 spiro atoms. The molecule has 0 aliphatic carbocycles. The monoisotopic (exact) mass is 356 g/mol. The Balaban J connectivity index is 0.00000529. The second kappa shape index (κ2) is 11.7. The third kappa shape index (κ3) is 7.66. The van der Waals surface area contributed by atoms with Crippen LogP contribution in [-0.2, 0) is 0 Å². The van der Waals surface area contributed by atoms with E-state index in [1.165, 1.54) is 0 Å². The van der Waals surface area contributed by atoms with Gasteiger partial charge in [0.2, 0.25) is 0 Å². The van der Waals surface area contributed by atoms with E-state index in [-0.39, 0.29) is 36.4 Å². The van der Waals surface area contributed by atoms with Crippen molar-refractivity contribution >= 4 is 30.0 Å². The van der Waals surface area contributed by atoms with Gasteiger partial charge in [0.15, 0.2) is 0 Å². The van der Waals surface area contributed by atoms with Gasteiger partial charge in [-0.15, -0.1) is 12.4 Å². The van der Waals surface area contributed by atoms with Gasteiger partial charge >= 0.3 is 6.03 Å². The van der Waals surface area contributed by atoms with E-state index in [9.17, 15) is 9.59 Å². The SMILES string of the molecule is CCCCC(CN)NC(=O)c1ccccc1NC(=O)NC(C)C.Cl. The number of rotatable bonds is 8. The van der Waals surface area contributed by atoms with Crippen molar-refractivity contribution in [3.8, 4) is 0 Å². The fourth-order valence-electron chi connectivity index (χ4n) is 2.17. The van der Waals surface area contributed by atoms with Crippen LogP contribution in [0.5, 0.6) is 0 Å². The molecule has 136 valence electrons. The normalized spacial score (nSPS) is 11.4. The van der Waals surface area contributed by atoms with Crippen LogP contribution >= 0.6 is 12.4 Å². The van der Waals surface area contributed by atoms with Crippen LogP contribution in [0.2, 0.25) is 0 Å². The standard InChI is InChI=1S/C17H28N4O2.ClH/c1-4-5-8-13(11-18)20-16(22)14-9-6-7-10-15(14)21-17(23)19-12(2)3;/h6-7,9-10,12-13H,4-5,8,11,18H2,1-3H3,(H,20,22)(H2,19,21,23);1H. The topological polar surface area (TPSA) is 96.2 Å². The lowest BCUT2D eigenvalue weighted by atomic mass is 10.1. The number of unbranched alkanes of at least 4 members (excludes halogenated alkanes) is 1. The zero-order chi connectivity index (χ0) is 17.2. The summed E-state index contributed by atoms with van der Waals surface area (Å²) >= 11 is 0. The number of para-hydroxylation sites is 1. The van der Waals surface area contributed by atoms with E-state index in [1.54, 1.807) is 24.3 Å². The van der Waals surface area contributed by atoms with E-state index in [4.69, 9.17) is 5.73 Å². The third-order valence-corrected chi connectivity index (χ3v) is 3.37. The first-order valence-corrected chi connectivity index (χ1v) is 8.15. The van der Waals surface area contributed by atoms with Crippen LogP contribution in [0.4, 0.5) is 10.5 Å². The number of carbonyl (C=O) groups is 2. The van der Waals surface area contributed by atoms with E-state index in [2.05, 4.69) is 22.9 Å². The summed E-state index contributed by atoms with van der Waals surface area (Å²) in [5.41, 5.74) is 6.63. The molecule has 3 amide bonds. The highest BCUT2D eigenvalue weighted by Crippen LogP contribution is 2.15. The largest absolute Gasteiger partial charge is 0.348 e. The molecule has 6 nitrogen and oxygen atoms in total. The van der Waals surface area contributed by atoms with Gasteiger partial charge in [-0.3, -0.25) is 4.79 Å².